The molecule has 37 heavy (non-hydrogen) atoms. The van der Waals surface area contributed by atoms with Crippen LogP contribution in [0, 0.1) is 17.8 Å². The number of aliphatic hydroxyl groups is 1. The maximum absolute atomic E-state index is 14.2. The summed E-state index contributed by atoms with van der Waals surface area (Å²) in [6.45, 7) is 0.177. The van der Waals surface area contributed by atoms with Gasteiger partial charge in [0.1, 0.15) is 18.2 Å². The van der Waals surface area contributed by atoms with Crippen LogP contribution in [0.25, 0.3) is 0 Å². The minimum Gasteiger partial charge on any atom is -0.389 e. The van der Waals surface area contributed by atoms with Crippen LogP contribution in [-0.4, -0.2) is 71.2 Å². The zero-order chi connectivity index (χ0) is 26.2. The predicted molar refractivity (Wildman–Crippen MR) is 132 cm³/mol. The number of nitrogens with one attached hydrogen (secondary N) is 3. The number of nitrogens with zero attached hydrogens (tertiary/aromatic N) is 1. The number of amides is 4. The van der Waals surface area contributed by atoms with Gasteiger partial charge in [-0.05, 0) is 49.5 Å². The van der Waals surface area contributed by atoms with Crippen LogP contribution >= 0.6 is 0 Å². The third-order valence-electron chi connectivity index (χ3n) is 8.68. The van der Waals surface area contributed by atoms with Crippen molar-refractivity contribution in [1.82, 2.24) is 20.9 Å². The Bertz CT molecular complexity index is 1090. The molecule has 0 aromatic heterocycles. The van der Waals surface area contributed by atoms with Gasteiger partial charge in [-0.15, -0.1) is 0 Å². The highest BCUT2D eigenvalue weighted by Gasteiger charge is 2.56. The van der Waals surface area contributed by atoms with Crippen molar-refractivity contribution < 1.29 is 29.1 Å². The summed E-state index contributed by atoms with van der Waals surface area (Å²) in [7, 11) is 0. The smallest absolute Gasteiger partial charge is 0.253 e. The first kappa shape index (κ1) is 25.4. The Labute approximate surface area is 215 Å². The first-order valence-corrected chi connectivity index (χ1v) is 13.2. The minimum atomic E-state index is -1.24. The van der Waals surface area contributed by atoms with Crippen molar-refractivity contribution in [3.63, 3.8) is 0 Å². The van der Waals surface area contributed by atoms with E-state index in [-0.39, 0.29) is 42.4 Å². The second-order valence-electron chi connectivity index (χ2n) is 10.8. The van der Waals surface area contributed by atoms with Crippen molar-refractivity contribution in [1.29, 1.82) is 0 Å². The van der Waals surface area contributed by atoms with E-state index in [0.29, 0.717) is 31.5 Å². The van der Waals surface area contributed by atoms with Crippen LogP contribution in [0.1, 0.15) is 50.5 Å². The van der Waals surface area contributed by atoms with Gasteiger partial charge in [0.2, 0.25) is 17.7 Å². The van der Waals surface area contributed by atoms with Crippen LogP contribution < -0.4 is 16.0 Å². The quantitative estimate of drug-likeness (QED) is 0.387. The first-order valence-electron chi connectivity index (χ1n) is 13.2. The van der Waals surface area contributed by atoms with E-state index in [4.69, 9.17) is 0 Å². The fourth-order valence-electron chi connectivity index (χ4n) is 6.78. The summed E-state index contributed by atoms with van der Waals surface area (Å²) in [6, 6.07) is 7.32. The lowest BCUT2D eigenvalue weighted by Crippen LogP contribution is -2.59. The molecule has 4 fully saturated rings. The minimum absolute atomic E-state index is 0.0477. The first-order chi connectivity index (χ1) is 17.8. The summed E-state index contributed by atoms with van der Waals surface area (Å²) in [6.07, 6.45) is 3.84. The lowest BCUT2D eigenvalue weighted by atomic mass is 9.86. The van der Waals surface area contributed by atoms with Crippen molar-refractivity contribution >= 4 is 29.4 Å². The molecule has 1 saturated carbocycles. The number of ketones is 1. The Morgan fingerprint density at radius 1 is 1.14 bits per heavy atom. The molecule has 1 aromatic rings. The second kappa shape index (κ2) is 10.2. The van der Waals surface area contributed by atoms with Crippen LogP contribution in [0.5, 0.6) is 0 Å². The van der Waals surface area contributed by atoms with Crippen LogP contribution in [-0.2, 0) is 29.5 Å². The molecule has 198 valence electrons. The standard InChI is InChI=1S/C27H34N4O6/c32-15-21(33)20(13-16-10-12-28-24(16)35)29-25(36)23-19-8-4-5-17(19)14-31(23)26(37)27(11-9-22(34)30-27)18-6-2-1-3-7-18/h1-3,6-7,16-17,19-20,23,32H,4-5,8-15H2,(H,28,35)(H,29,36)(H,30,34)/t16-,17-,19-,20+,23+,27+/m1/s1. The monoisotopic (exact) mass is 510 g/mol. The Hall–Kier alpha value is -3.27. The molecule has 1 aliphatic carbocycles. The molecule has 3 heterocycles. The largest absolute Gasteiger partial charge is 0.389 e. The average Bonchev–Trinajstić information content (AvgIpc) is 3.68. The van der Waals surface area contributed by atoms with Gasteiger partial charge in [-0.25, -0.2) is 0 Å². The van der Waals surface area contributed by atoms with Crippen LogP contribution in [0.2, 0.25) is 0 Å². The van der Waals surface area contributed by atoms with Crippen LogP contribution in [0.4, 0.5) is 0 Å². The number of hydrogen-bond acceptors (Lipinski definition) is 6. The van der Waals surface area contributed by atoms with E-state index in [1.807, 2.05) is 30.3 Å². The van der Waals surface area contributed by atoms with E-state index < -0.39 is 41.8 Å². The molecule has 1 aromatic carbocycles. The number of carbonyl (C=O) groups is 5. The van der Waals surface area contributed by atoms with Gasteiger partial charge in [-0.1, -0.05) is 36.8 Å². The van der Waals surface area contributed by atoms with E-state index in [1.54, 1.807) is 4.90 Å². The van der Waals surface area contributed by atoms with Crippen molar-refractivity contribution in [2.45, 2.75) is 62.6 Å². The third kappa shape index (κ3) is 4.63. The molecule has 5 rings (SSSR count). The van der Waals surface area contributed by atoms with Gasteiger partial charge in [-0.3, -0.25) is 24.0 Å². The summed E-state index contributed by atoms with van der Waals surface area (Å²) in [5, 5.41) is 18.0. The van der Waals surface area contributed by atoms with Gasteiger partial charge in [0.15, 0.2) is 5.78 Å². The molecule has 0 radical (unpaired) electrons. The van der Waals surface area contributed by atoms with E-state index in [9.17, 15) is 29.1 Å². The lowest BCUT2D eigenvalue weighted by Gasteiger charge is -2.36. The molecule has 0 bridgehead atoms. The predicted octanol–water partition coefficient (Wildman–Crippen LogP) is -0.00860. The SMILES string of the molecule is O=C1CC[C@@](C(=O)N2C[C@H]3CCC[C@H]3[C@H]2C(=O)N[C@@H](C[C@H]2CCNC2=O)C(=O)CO)(c2ccccc2)N1. The number of Topliss-reactive ketones (excluding diaryl/α,β-unsaturated/α-hetero) is 1. The molecular weight excluding hydrogens is 476 g/mol. The molecule has 4 N–H and O–H groups in total. The van der Waals surface area contributed by atoms with E-state index in [1.165, 1.54) is 0 Å². The summed E-state index contributed by atoms with van der Waals surface area (Å²) in [5.41, 5.74) is -0.555. The second-order valence-corrected chi connectivity index (χ2v) is 10.8. The molecule has 4 amide bonds. The normalized spacial score (nSPS) is 31.5. The number of rotatable bonds is 8. The molecule has 6 atom stereocenters. The van der Waals surface area contributed by atoms with Crippen molar-refractivity contribution in [2.24, 2.45) is 17.8 Å². The van der Waals surface area contributed by atoms with E-state index >= 15 is 0 Å². The molecule has 10 heteroatoms. The van der Waals surface area contributed by atoms with Gasteiger partial charge >= 0.3 is 0 Å². The maximum Gasteiger partial charge on any atom is 0.253 e. The van der Waals surface area contributed by atoms with Gasteiger partial charge in [0.25, 0.3) is 5.91 Å². The lowest BCUT2D eigenvalue weighted by molar-refractivity contribution is -0.146. The molecule has 4 aliphatic rings. The van der Waals surface area contributed by atoms with Crippen molar-refractivity contribution in [3.05, 3.63) is 35.9 Å². The van der Waals surface area contributed by atoms with Crippen LogP contribution in [0.15, 0.2) is 30.3 Å². The van der Waals surface area contributed by atoms with Gasteiger partial charge < -0.3 is 26.0 Å². The van der Waals surface area contributed by atoms with E-state index in [2.05, 4.69) is 16.0 Å². The highest BCUT2D eigenvalue weighted by molar-refractivity contribution is 5.99. The molecule has 0 unspecified atom stereocenters. The van der Waals surface area contributed by atoms with Crippen molar-refractivity contribution in [3.8, 4) is 0 Å². The third-order valence-corrected chi connectivity index (χ3v) is 8.68. The summed E-state index contributed by atoms with van der Waals surface area (Å²) in [4.78, 5) is 66.6. The van der Waals surface area contributed by atoms with Crippen molar-refractivity contribution in [2.75, 3.05) is 19.7 Å². The average molecular weight is 511 g/mol. The molecule has 10 nitrogen and oxygen atoms in total. The fraction of sp³-hybridized carbons (Fsp3) is 0.593. The number of likely N-dealkylation sites (tertiary alicyclic amines) is 1. The van der Waals surface area contributed by atoms with Gasteiger partial charge in [0.05, 0.1) is 6.04 Å². The number of carbonyl (C=O) groups excluding carboxylic acids is 5. The number of benzene rings is 1. The Morgan fingerprint density at radius 3 is 2.57 bits per heavy atom. The molecule has 3 saturated heterocycles. The molecule has 0 spiro atoms. The zero-order valence-corrected chi connectivity index (χ0v) is 20.8. The molecule has 3 aliphatic heterocycles. The van der Waals surface area contributed by atoms with Gasteiger partial charge in [-0.2, -0.15) is 0 Å². The summed E-state index contributed by atoms with van der Waals surface area (Å²) in [5.74, 6) is -1.99. The Morgan fingerprint density at radius 2 is 1.92 bits per heavy atom. The van der Waals surface area contributed by atoms with E-state index in [0.717, 1.165) is 19.3 Å². The van der Waals surface area contributed by atoms with Gasteiger partial charge in [0, 0.05) is 25.4 Å². The maximum atomic E-state index is 14.2. The highest BCUT2D eigenvalue weighted by Crippen LogP contribution is 2.45. The Kier molecular flexibility index (Phi) is 7.02. The zero-order valence-electron chi connectivity index (χ0n) is 20.8. The summed E-state index contributed by atoms with van der Waals surface area (Å²) >= 11 is 0. The number of fused-ring (bicyclic) bond motifs is 1. The summed E-state index contributed by atoms with van der Waals surface area (Å²) < 4.78 is 0. The highest BCUT2D eigenvalue weighted by atomic mass is 16.3. The van der Waals surface area contributed by atoms with Crippen LogP contribution in [0.3, 0.4) is 0 Å². The topological polar surface area (TPSA) is 145 Å². The molecular formula is C27H34N4O6. The number of aliphatic hydroxyl groups excluding tert-OH is 1. The Balaban J connectivity index is 1.42. The fourth-order valence-corrected chi connectivity index (χ4v) is 6.78. The number of hydrogen-bond donors (Lipinski definition) is 4.